The minimum atomic E-state index is 0.0290. The van der Waals surface area contributed by atoms with E-state index in [1.165, 1.54) is 9.75 Å². The van der Waals surface area contributed by atoms with Crippen LogP contribution in [0.25, 0.3) is 0 Å². The number of carbonyl (C=O) groups excluding carboxylic acids is 1. The van der Waals surface area contributed by atoms with Gasteiger partial charge in [0, 0.05) is 22.5 Å². The average molecular weight is 302 g/mol. The fraction of sp³-hybridized carbons (Fsp3) is 0.353. The van der Waals surface area contributed by atoms with Crippen molar-refractivity contribution in [2.75, 3.05) is 12.4 Å². The zero-order valence-electron chi connectivity index (χ0n) is 12.8. The minimum Gasteiger partial charge on any atom is -0.377 e. The molecule has 0 bridgehead atoms. The molecule has 0 aliphatic rings. The van der Waals surface area contributed by atoms with Gasteiger partial charge >= 0.3 is 0 Å². The van der Waals surface area contributed by atoms with Crippen LogP contribution in [0.15, 0.2) is 36.4 Å². The fourth-order valence-electron chi connectivity index (χ4n) is 2.20. The Kier molecular flexibility index (Phi) is 5.39. The number of likely N-dealkylation sites (N-methyl/N-ethyl adjacent to an activating group) is 1. The smallest absolute Gasteiger partial charge is 0.224 e. The Balaban J connectivity index is 2.13. The molecule has 21 heavy (non-hydrogen) atoms. The molecule has 112 valence electrons. The highest BCUT2D eigenvalue weighted by Crippen LogP contribution is 2.28. The van der Waals surface area contributed by atoms with Crippen molar-refractivity contribution in [2.24, 2.45) is 0 Å². The Morgan fingerprint density at radius 3 is 2.67 bits per heavy atom. The van der Waals surface area contributed by atoms with Gasteiger partial charge in [-0.15, -0.1) is 11.3 Å². The number of nitrogens with one attached hydrogen (secondary N) is 2. The van der Waals surface area contributed by atoms with Gasteiger partial charge in [0.2, 0.25) is 5.91 Å². The summed E-state index contributed by atoms with van der Waals surface area (Å²) >= 11 is 1.84. The van der Waals surface area contributed by atoms with Crippen molar-refractivity contribution in [3.63, 3.8) is 0 Å². The molecule has 4 heteroatoms. The zero-order valence-corrected chi connectivity index (χ0v) is 13.6. The first kappa shape index (κ1) is 15.6. The lowest BCUT2D eigenvalue weighted by molar-refractivity contribution is -0.119. The molecule has 2 rings (SSSR count). The summed E-state index contributed by atoms with van der Waals surface area (Å²) < 4.78 is 0. The second-order valence-electron chi connectivity index (χ2n) is 5.03. The summed E-state index contributed by atoms with van der Waals surface area (Å²) in [6, 6.07) is 12.6. The average Bonchev–Trinajstić information content (AvgIpc) is 2.98. The lowest BCUT2D eigenvalue weighted by Crippen LogP contribution is -2.20. The highest BCUT2D eigenvalue weighted by atomic mass is 32.1. The monoisotopic (exact) mass is 302 g/mol. The number of aryl methyl sites for hydroxylation is 1. The number of benzene rings is 1. The van der Waals surface area contributed by atoms with Crippen molar-refractivity contribution in [2.45, 2.75) is 32.7 Å². The molecule has 0 aliphatic heterocycles. The summed E-state index contributed by atoms with van der Waals surface area (Å²) in [5.41, 5.74) is 2.05. The molecule has 3 nitrogen and oxygen atoms in total. The second kappa shape index (κ2) is 7.27. The van der Waals surface area contributed by atoms with E-state index in [2.05, 4.69) is 36.6 Å². The fourth-order valence-corrected chi connectivity index (χ4v) is 3.15. The third-order valence-electron chi connectivity index (χ3n) is 3.48. The molecule has 1 heterocycles. The number of hydrogen-bond acceptors (Lipinski definition) is 3. The van der Waals surface area contributed by atoms with E-state index < -0.39 is 0 Å². The normalized spacial score (nSPS) is 12.0. The summed E-state index contributed by atoms with van der Waals surface area (Å²) in [6.45, 7) is 4.33. The Hall–Kier alpha value is -1.81. The molecule has 0 aliphatic carbocycles. The molecule has 0 fully saturated rings. The van der Waals surface area contributed by atoms with Crippen LogP contribution in [0.3, 0.4) is 0 Å². The van der Waals surface area contributed by atoms with Crippen LogP contribution in [0.2, 0.25) is 0 Å². The number of thiophene rings is 1. The summed E-state index contributed by atoms with van der Waals surface area (Å²) in [6.07, 6.45) is 1.47. The van der Waals surface area contributed by atoms with E-state index in [-0.39, 0.29) is 11.9 Å². The maximum absolute atomic E-state index is 11.6. The molecule has 1 unspecified atom stereocenters. The molecule has 1 aromatic carbocycles. The second-order valence-corrected chi connectivity index (χ2v) is 6.23. The van der Waals surface area contributed by atoms with Gasteiger partial charge in [0.05, 0.1) is 12.5 Å². The topological polar surface area (TPSA) is 41.1 Å². The molecule has 2 aromatic rings. The van der Waals surface area contributed by atoms with E-state index in [4.69, 9.17) is 0 Å². The molecule has 1 aromatic heterocycles. The van der Waals surface area contributed by atoms with Crippen molar-refractivity contribution >= 4 is 22.9 Å². The molecule has 2 N–H and O–H groups in total. The Morgan fingerprint density at radius 2 is 2.00 bits per heavy atom. The molecule has 0 saturated carbocycles. The summed E-state index contributed by atoms with van der Waals surface area (Å²) in [5, 5.41) is 6.20. The number of para-hydroxylation sites is 1. The number of hydrogen-bond donors (Lipinski definition) is 2. The first-order valence-corrected chi connectivity index (χ1v) is 8.09. The highest BCUT2D eigenvalue weighted by molar-refractivity contribution is 7.12. The zero-order chi connectivity index (χ0) is 15.2. The lowest BCUT2D eigenvalue weighted by atomic mass is 10.1. The van der Waals surface area contributed by atoms with Crippen LogP contribution in [0, 0.1) is 0 Å². The third-order valence-corrected chi connectivity index (χ3v) is 4.89. The van der Waals surface area contributed by atoms with Crippen molar-refractivity contribution in [1.29, 1.82) is 0 Å². The minimum absolute atomic E-state index is 0.0290. The summed E-state index contributed by atoms with van der Waals surface area (Å²) in [4.78, 5) is 14.3. The van der Waals surface area contributed by atoms with Gasteiger partial charge in [-0.1, -0.05) is 25.1 Å². The van der Waals surface area contributed by atoms with Crippen molar-refractivity contribution in [1.82, 2.24) is 5.32 Å². The van der Waals surface area contributed by atoms with Crippen LogP contribution in [0.1, 0.15) is 35.2 Å². The van der Waals surface area contributed by atoms with Crippen LogP contribution >= 0.6 is 11.3 Å². The van der Waals surface area contributed by atoms with E-state index in [0.29, 0.717) is 6.42 Å². The van der Waals surface area contributed by atoms with E-state index in [0.717, 1.165) is 17.7 Å². The predicted molar refractivity (Wildman–Crippen MR) is 89.9 cm³/mol. The molecule has 0 spiro atoms. The third kappa shape index (κ3) is 4.08. The van der Waals surface area contributed by atoms with Gasteiger partial charge in [0.25, 0.3) is 0 Å². The van der Waals surface area contributed by atoms with E-state index in [9.17, 15) is 4.79 Å². The summed E-state index contributed by atoms with van der Waals surface area (Å²) in [5.74, 6) is 0.0290. The van der Waals surface area contributed by atoms with Crippen molar-refractivity contribution in [3.8, 4) is 0 Å². The maximum Gasteiger partial charge on any atom is 0.224 e. The largest absolute Gasteiger partial charge is 0.377 e. The van der Waals surface area contributed by atoms with Crippen LogP contribution in [0.5, 0.6) is 0 Å². The van der Waals surface area contributed by atoms with Crippen molar-refractivity contribution in [3.05, 3.63) is 51.7 Å². The number of amides is 1. The highest BCUT2D eigenvalue weighted by Gasteiger charge is 2.11. The van der Waals surface area contributed by atoms with Crippen LogP contribution in [0.4, 0.5) is 5.69 Å². The Morgan fingerprint density at radius 1 is 1.24 bits per heavy atom. The van der Waals surface area contributed by atoms with E-state index in [1.54, 1.807) is 7.05 Å². The first-order chi connectivity index (χ1) is 10.1. The Labute approximate surface area is 130 Å². The quantitative estimate of drug-likeness (QED) is 0.853. The van der Waals surface area contributed by atoms with Gasteiger partial charge in [0.15, 0.2) is 0 Å². The van der Waals surface area contributed by atoms with Crippen molar-refractivity contribution < 1.29 is 4.79 Å². The molecule has 0 saturated heterocycles. The maximum atomic E-state index is 11.6. The molecular formula is C17H22N2OS. The van der Waals surface area contributed by atoms with Crippen LogP contribution < -0.4 is 10.6 Å². The summed E-state index contributed by atoms with van der Waals surface area (Å²) in [7, 11) is 1.67. The van der Waals surface area contributed by atoms with Crippen LogP contribution in [-0.2, 0) is 17.6 Å². The molecule has 0 radical (unpaired) electrons. The Bertz CT molecular complexity index is 606. The predicted octanol–water partition coefficient (Wildman–Crippen LogP) is 3.77. The number of carbonyl (C=O) groups is 1. The lowest BCUT2D eigenvalue weighted by Gasteiger charge is -2.17. The number of anilines is 1. The van der Waals surface area contributed by atoms with Gasteiger partial charge in [-0.2, -0.15) is 0 Å². The molecule has 1 atom stereocenters. The van der Waals surface area contributed by atoms with Gasteiger partial charge in [-0.05, 0) is 37.1 Å². The van der Waals surface area contributed by atoms with Gasteiger partial charge in [-0.25, -0.2) is 0 Å². The van der Waals surface area contributed by atoms with Crippen LogP contribution in [-0.4, -0.2) is 13.0 Å². The standard InChI is InChI=1S/C17H22N2OS/c1-4-14-9-10-16(21-14)12(2)19-15-8-6-5-7-13(15)11-17(20)18-3/h5-10,12,19H,4,11H2,1-3H3,(H,18,20). The first-order valence-electron chi connectivity index (χ1n) is 7.27. The number of rotatable bonds is 6. The van der Waals surface area contributed by atoms with E-state index in [1.807, 2.05) is 35.6 Å². The molecule has 1 amide bonds. The van der Waals surface area contributed by atoms with E-state index >= 15 is 0 Å². The van der Waals surface area contributed by atoms with Gasteiger partial charge in [0.1, 0.15) is 0 Å². The van der Waals surface area contributed by atoms with Gasteiger partial charge in [-0.3, -0.25) is 4.79 Å². The SMILES string of the molecule is CCc1ccc(C(C)Nc2ccccc2CC(=O)NC)s1. The molecular weight excluding hydrogens is 280 g/mol. The van der Waals surface area contributed by atoms with Gasteiger partial charge < -0.3 is 10.6 Å².